The Hall–Kier alpha value is -1.07. The van der Waals surface area contributed by atoms with Crippen LogP contribution in [0.15, 0.2) is 24.3 Å². The number of benzene rings is 1. The highest BCUT2D eigenvalue weighted by molar-refractivity contribution is 7.91. The molecule has 1 aromatic rings. The highest BCUT2D eigenvalue weighted by atomic mass is 35.5. The molecule has 2 rings (SSSR count). The third-order valence-corrected chi connectivity index (χ3v) is 6.37. The van der Waals surface area contributed by atoms with Crippen molar-refractivity contribution < 1.29 is 13.2 Å². The first-order valence-electron chi connectivity index (χ1n) is 7.38. The van der Waals surface area contributed by atoms with E-state index in [1.54, 1.807) is 29.2 Å². The number of carbonyl (C=O) groups excluding carboxylic acids is 1. The summed E-state index contributed by atoms with van der Waals surface area (Å²) >= 11 is 6.16. The molecule has 0 aromatic heterocycles. The van der Waals surface area contributed by atoms with E-state index in [9.17, 15) is 13.2 Å². The topological polar surface area (TPSA) is 54.5 Å². The van der Waals surface area contributed by atoms with Gasteiger partial charge in [0.05, 0.1) is 11.0 Å². The molecule has 0 radical (unpaired) electrons. The van der Waals surface area contributed by atoms with Crippen molar-refractivity contribution in [2.24, 2.45) is 5.41 Å². The SMILES string of the molecule is CC(C)(C)C(=O)N1CCC(c2ccccc2Cl)S(=O)(=O)CC1. The minimum Gasteiger partial charge on any atom is -0.341 e. The van der Waals surface area contributed by atoms with Crippen LogP contribution in [0.25, 0.3) is 0 Å². The highest BCUT2D eigenvalue weighted by Gasteiger charge is 2.36. The second-order valence-electron chi connectivity index (χ2n) is 6.71. The van der Waals surface area contributed by atoms with Gasteiger partial charge in [-0.25, -0.2) is 8.42 Å². The Morgan fingerprint density at radius 2 is 1.86 bits per heavy atom. The average Bonchev–Trinajstić information content (AvgIpc) is 2.56. The molecule has 1 fully saturated rings. The lowest BCUT2D eigenvalue weighted by Crippen LogP contribution is -2.41. The van der Waals surface area contributed by atoms with Gasteiger partial charge in [0.1, 0.15) is 0 Å². The second kappa shape index (κ2) is 6.20. The number of rotatable bonds is 1. The molecule has 1 aliphatic rings. The summed E-state index contributed by atoms with van der Waals surface area (Å²) in [7, 11) is -3.33. The minimum absolute atomic E-state index is 0.0116. The van der Waals surface area contributed by atoms with E-state index in [1.165, 1.54) is 0 Å². The van der Waals surface area contributed by atoms with Gasteiger partial charge in [-0.3, -0.25) is 4.79 Å². The van der Waals surface area contributed by atoms with Gasteiger partial charge < -0.3 is 4.90 Å². The van der Waals surface area contributed by atoms with Gasteiger partial charge in [-0.15, -0.1) is 0 Å². The summed E-state index contributed by atoms with van der Waals surface area (Å²) in [5, 5.41) is -0.175. The molecular formula is C16H22ClNO3S. The van der Waals surface area contributed by atoms with Crippen molar-refractivity contribution in [2.75, 3.05) is 18.8 Å². The van der Waals surface area contributed by atoms with Crippen molar-refractivity contribution in [1.29, 1.82) is 0 Å². The predicted molar refractivity (Wildman–Crippen MR) is 88.6 cm³/mol. The van der Waals surface area contributed by atoms with E-state index in [-0.39, 0.29) is 18.2 Å². The fourth-order valence-electron chi connectivity index (χ4n) is 2.71. The molecule has 4 nitrogen and oxygen atoms in total. The Morgan fingerprint density at radius 3 is 2.45 bits per heavy atom. The molecule has 0 saturated carbocycles. The largest absolute Gasteiger partial charge is 0.341 e. The molecule has 0 N–H and O–H groups in total. The first kappa shape index (κ1) is 17.3. The molecule has 6 heteroatoms. The van der Waals surface area contributed by atoms with Gasteiger partial charge in [0.15, 0.2) is 9.84 Å². The van der Waals surface area contributed by atoms with Crippen molar-refractivity contribution in [1.82, 2.24) is 4.90 Å². The lowest BCUT2D eigenvalue weighted by atomic mass is 9.94. The predicted octanol–water partition coefficient (Wildman–Crippen LogP) is 3.07. The van der Waals surface area contributed by atoms with E-state index in [1.807, 2.05) is 20.8 Å². The summed E-state index contributed by atoms with van der Waals surface area (Å²) in [6.07, 6.45) is 0.383. The van der Waals surface area contributed by atoms with E-state index in [0.717, 1.165) is 0 Å². The summed E-state index contributed by atoms with van der Waals surface area (Å²) in [5.41, 5.74) is 0.128. The summed E-state index contributed by atoms with van der Waals surface area (Å²) in [4.78, 5) is 14.1. The van der Waals surface area contributed by atoms with Crippen LogP contribution in [-0.4, -0.2) is 38.1 Å². The van der Waals surface area contributed by atoms with Crippen molar-refractivity contribution in [3.05, 3.63) is 34.9 Å². The first-order valence-corrected chi connectivity index (χ1v) is 9.47. The zero-order chi connectivity index (χ0) is 16.5. The van der Waals surface area contributed by atoms with Crippen LogP contribution in [0, 0.1) is 5.41 Å². The molecule has 122 valence electrons. The van der Waals surface area contributed by atoms with Crippen LogP contribution >= 0.6 is 11.6 Å². The second-order valence-corrected chi connectivity index (χ2v) is 9.42. The number of sulfone groups is 1. The van der Waals surface area contributed by atoms with Crippen molar-refractivity contribution in [2.45, 2.75) is 32.4 Å². The van der Waals surface area contributed by atoms with Crippen molar-refractivity contribution in [3.63, 3.8) is 0 Å². The molecular weight excluding hydrogens is 322 g/mol. The number of nitrogens with zero attached hydrogens (tertiary/aromatic N) is 1. The van der Waals surface area contributed by atoms with Crippen LogP contribution in [0.3, 0.4) is 0 Å². The van der Waals surface area contributed by atoms with Crippen LogP contribution in [0.1, 0.15) is 38.0 Å². The lowest BCUT2D eigenvalue weighted by Gasteiger charge is -2.28. The Morgan fingerprint density at radius 1 is 1.23 bits per heavy atom. The Bertz CT molecular complexity index is 664. The van der Waals surface area contributed by atoms with E-state index >= 15 is 0 Å². The third kappa shape index (κ3) is 3.63. The minimum atomic E-state index is -3.33. The molecule has 1 amide bonds. The monoisotopic (exact) mass is 343 g/mol. The number of halogens is 1. The Labute approximate surface area is 137 Å². The zero-order valence-corrected chi connectivity index (χ0v) is 14.7. The van der Waals surface area contributed by atoms with Gasteiger partial charge in [0.25, 0.3) is 0 Å². The Kier molecular flexibility index (Phi) is 4.87. The zero-order valence-electron chi connectivity index (χ0n) is 13.2. The molecule has 1 heterocycles. The molecule has 22 heavy (non-hydrogen) atoms. The van der Waals surface area contributed by atoms with Gasteiger partial charge in [-0.1, -0.05) is 50.6 Å². The summed E-state index contributed by atoms with van der Waals surface area (Å²) < 4.78 is 25.2. The van der Waals surface area contributed by atoms with E-state index in [0.29, 0.717) is 23.6 Å². The van der Waals surface area contributed by atoms with Crippen LogP contribution in [0.4, 0.5) is 0 Å². The quantitative estimate of drug-likeness (QED) is 0.787. The van der Waals surface area contributed by atoms with Crippen molar-refractivity contribution >= 4 is 27.3 Å². The van der Waals surface area contributed by atoms with Gasteiger partial charge in [-0.05, 0) is 18.1 Å². The molecule has 1 unspecified atom stereocenters. The number of hydrogen-bond acceptors (Lipinski definition) is 3. The van der Waals surface area contributed by atoms with Gasteiger partial charge >= 0.3 is 0 Å². The molecule has 0 aliphatic carbocycles. The Balaban J connectivity index is 2.29. The van der Waals surface area contributed by atoms with Crippen LogP contribution in [0.2, 0.25) is 5.02 Å². The lowest BCUT2D eigenvalue weighted by molar-refractivity contribution is -0.139. The molecule has 0 bridgehead atoms. The van der Waals surface area contributed by atoms with Crippen LogP contribution in [0.5, 0.6) is 0 Å². The normalized spacial score (nSPS) is 22.2. The summed E-state index contributed by atoms with van der Waals surface area (Å²) in [6, 6.07) is 7.03. The molecule has 0 spiro atoms. The smallest absolute Gasteiger partial charge is 0.227 e. The number of carbonyl (C=O) groups is 1. The average molecular weight is 344 g/mol. The summed E-state index contributed by atoms with van der Waals surface area (Å²) in [6.45, 7) is 6.23. The van der Waals surface area contributed by atoms with E-state index in [2.05, 4.69) is 0 Å². The maximum Gasteiger partial charge on any atom is 0.227 e. The molecule has 1 atom stereocenters. The number of amides is 1. The van der Waals surface area contributed by atoms with E-state index < -0.39 is 20.5 Å². The van der Waals surface area contributed by atoms with Crippen LogP contribution < -0.4 is 0 Å². The van der Waals surface area contributed by atoms with Crippen LogP contribution in [-0.2, 0) is 14.6 Å². The van der Waals surface area contributed by atoms with Gasteiger partial charge in [-0.2, -0.15) is 0 Å². The molecule has 1 aromatic carbocycles. The highest BCUT2D eigenvalue weighted by Crippen LogP contribution is 2.34. The maximum absolute atomic E-state index is 12.6. The van der Waals surface area contributed by atoms with Crippen molar-refractivity contribution in [3.8, 4) is 0 Å². The number of hydrogen-bond donors (Lipinski definition) is 0. The van der Waals surface area contributed by atoms with Gasteiger partial charge in [0.2, 0.25) is 5.91 Å². The third-order valence-electron chi connectivity index (χ3n) is 3.92. The summed E-state index contributed by atoms with van der Waals surface area (Å²) in [5.74, 6) is -0.0347. The van der Waals surface area contributed by atoms with E-state index in [4.69, 9.17) is 11.6 Å². The van der Waals surface area contributed by atoms with Gasteiger partial charge in [0, 0.05) is 23.5 Å². The standard InChI is InChI=1S/C16H22ClNO3S/c1-16(2,3)15(19)18-9-8-14(22(20,21)11-10-18)12-6-4-5-7-13(12)17/h4-7,14H,8-11H2,1-3H3. The maximum atomic E-state index is 12.6. The fourth-order valence-corrected chi connectivity index (χ4v) is 4.86. The first-order chi connectivity index (χ1) is 10.1. The molecule has 1 aliphatic heterocycles. The fraction of sp³-hybridized carbons (Fsp3) is 0.562. The molecule has 1 saturated heterocycles.